The second-order valence-electron chi connectivity index (χ2n) is 4.15. The molecule has 0 aromatic heterocycles. The molecule has 18 heavy (non-hydrogen) atoms. The Kier molecular flexibility index (Phi) is 5.22. The predicted octanol–water partition coefficient (Wildman–Crippen LogP) is 3.04. The van der Waals surface area contributed by atoms with Crippen molar-refractivity contribution < 1.29 is 13.6 Å². The van der Waals surface area contributed by atoms with Crippen molar-refractivity contribution in [2.45, 2.75) is 26.3 Å². The Balaban J connectivity index is 2.89. The third-order valence-corrected chi connectivity index (χ3v) is 3.44. The van der Waals surface area contributed by atoms with Gasteiger partial charge >= 0.3 is 0 Å². The van der Waals surface area contributed by atoms with E-state index in [0.717, 1.165) is 12.5 Å². The van der Waals surface area contributed by atoms with Gasteiger partial charge in [0.15, 0.2) is 5.82 Å². The molecule has 0 saturated heterocycles. The Hall–Kier alpha value is -1.01. The standard InChI is InChI=1S/C12H15BrF2N2O/c1-3-6(2)10(16)12(18)17-11-8(13)4-7(14)5-9(11)15/h4-6,10H,3,16H2,1-2H3,(H,17,18)/t6-,10-/m0/s1. The van der Waals surface area contributed by atoms with Crippen molar-refractivity contribution in [3.63, 3.8) is 0 Å². The predicted molar refractivity (Wildman–Crippen MR) is 70.1 cm³/mol. The molecule has 3 N–H and O–H groups in total. The van der Waals surface area contributed by atoms with E-state index >= 15 is 0 Å². The topological polar surface area (TPSA) is 55.1 Å². The third kappa shape index (κ3) is 3.49. The highest BCUT2D eigenvalue weighted by Gasteiger charge is 2.21. The highest BCUT2D eigenvalue weighted by Crippen LogP contribution is 2.27. The van der Waals surface area contributed by atoms with Crippen LogP contribution < -0.4 is 11.1 Å². The number of nitrogens with two attached hydrogens (primary N) is 1. The molecule has 0 spiro atoms. The average Bonchev–Trinajstić information content (AvgIpc) is 2.31. The number of carbonyl (C=O) groups excluding carboxylic acids is 1. The number of hydrogen-bond donors (Lipinski definition) is 2. The number of nitrogens with one attached hydrogen (secondary N) is 1. The fourth-order valence-electron chi connectivity index (χ4n) is 1.38. The molecule has 0 aliphatic heterocycles. The van der Waals surface area contributed by atoms with E-state index in [1.807, 2.05) is 13.8 Å². The van der Waals surface area contributed by atoms with Crippen LogP contribution in [0.3, 0.4) is 0 Å². The van der Waals surface area contributed by atoms with Crippen LogP contribution in [0.15, 0.2) is 16.6 Å². The SMILES string of the molecule is CC[C@H](C)[C@H](N)C(=O)Nc1c(F)cc(F)cc1Br. The van der Waals surface area contributed by atoms with Gasteiger partial charge in [0.1, 0.15) is 5.82 Å². The lowest BCUT2D eigenvalue weighted by molar-refractivity contribution is -0.118. The van der Waals surface area contributed by atoms with E-state index in [1.54, 1.807) is 0 Å². The van der Waals surface area contributed by atoms with Gasteiger partial charge in [-0.15, -0.1) is 0 Å². The molecule has 6 heteroatoms. The summed E-state index contributed by atoms with van der Waals surface area (Å²) in [5.74, 6) is -2.07. The lowest BCUT2D eigenvalue weighted by Crippen LogP contribution is -2.40. The maximum Gasteiger partial charge on any atom is 0.241 e. The second-order valence-corrected chi connectivity index (χ2v) is 5.00. The van der Waals surface area contributed by atoms with Crippen molar-refractivity contribution in [1.82, 2.24) is 0 Å². The highest BCUT2D eigenvalue weighted by molar-refractivity contribution is 9.10. The zero-order chi connectivity index (χ0) is 13.9. The Bertz CT molecular complexity index is 431. The van der Waals surface area contributed by atoms with Gasteiger partial charge in [0, 0.05) is 10.5 Å². The lowest BCUT2D eigenvalue weighted by atomic mass is 9.99. The number of halogens is 3. The molecule has 1 rings (SSSR count). The van der Waals surface area contributed by atoms with Gasteiger partial charge in [-0.2, -0.15) is 0 Å². The fraction of sp³-hybridized carbons (Fsp3) is 0.417. The van der Waals surface area contributed by atoms with Crippen LogP contribution in [0.25, 0.3) is 0 Å². The molecular weight excluding hydrogens is 306 g/mol. The van der Waals surface area contributed by atoms with Crippen LogP contribution in [0.1, 0.15) is 20.3 Å². The van der Waals surface area contributed by atoms with Crippen molar-refractivity contribution in [2.24, 2.45) is 11.7 Å². The van der Waals surface area contributed by atoms with Crippen molar-refractivity contribution >= 4 is 27.5 Å². The minimum atomic E-state index is -0.841. The van der Waals surface area contributed by atoms with Gasteiger partial charge in [0.25, 0.3) is 0 Å². The van der Waals surface area contributed by atoms with E-state index < -0.39 is 23.6 Å². The minimum Gasteiger partial charge on any atom is -0.321 e. The van der Waals surface area contributed by atoms with E-state index in [0.29, 0.717) is 6.07 Å². The summed E-state index contributed by atoms with van der Waals surface area (Å²) in [5.41, 5.74) is 5.63. The summed E-state index contributed by atoms with van der Waals surface area (Å²) >= 11 is 2.99. The van der Waals surface area contributed by atoms with Crippen LogP contribution in [0.2, 0.25) is 0 Å². The number of carbonyl (C=O) groups is 1. The van der Waals surface area contributed by atoms with E-state index in [2.05, 4.69) is 21.2 Å². The van der Waals surface area contributed by atoms with Gasteiger partial charge in [-0.1, -0.05) is 20.3 Å². The smallest absolute Gasteiger partial charge is 0.241 e. The zero-order valence-corrected chi connectivity index (χ0v) is 11.7. The molecule has 0 radical (unpaired) electrons. The maximum absolute atomic E-state index is 13.5. The molecular formula is C12H15BrF2N2O. The fourth-order valence-corrected chi connectivity index (χ4v) is 1.89. The number of rotatable bonds is 4. The summed E-state index contributed by atoms with van der Waals surface area (Å²) in [5, 5.41) is 2.37. The summed E-state index contributed by atoms with van der Waals surface area (Å²) < 4.78 is 26.5. The van der Waals surface area contributed by atoms with Crippen LogP contribution in [-0.2, 0) is 4.79 Å². The van der Waals surface area contributed by atoms with Gasteiger partial charge in [0.2, 0.25) is 5.91 Å². The van der Waals surface area contributed by atoms with E-state index in [9.17, 15) is 13.6 Å². The van der Waals surface area contributed by atoms with Crippen LogP contribution in [-0.4, -0.2) is 11.9 Å². The second kappa shape index (κ2) is 6.24. The van der Waals surface area contributed by atoms with Gasteiger partial charge < -0.3 is 11.1 Å². The number of anilines is 1. The van der Waals surface area contributed by atoms with Crippen molar-refractivity contribution in [3.05, 3.63) is 28.2 Å². The highest BCUT2D eigenvalue weighted by atomic mass is 79.9. The number of benzene rings is 1. The quantitative estimate of drug-likeness (QED) is 0.895. The molecule has 3 nitrogen and oxygen atoms in total. The van der Waals surface area contributed by atoms with Crippen LogP contribution in [0.4, 0.5) is 14.5 Å². The summed E-state index contributed by atoms with van der Waals surface area (Å²) in [7, 11) is 0. The van der Waals surface area contributed by atoms with E-state index in [1.165, 1.54) is 0 Å². The molecule has 1 aromatic carbocycles. The number of amides is 1. The molecule has 0 aliphatic rings. The Morgan fingerprint density at radius 2 is 2.11 bits per heavy atom. The molecule has 2 atom stereocenters. The molecule has 0 heterocycles. The molecule has 1 amide bonds. The monoisotopic (exact) mass is 320 g/mol. The molecule has 0 bridgehead atoms. The molecule has 1 aromatic rings. The normalized spacial score (nSPS) is 14.1. The summed E-state index contributed by atoms with van der Waals surface area (Å²) in [6.45, 7) is 3.74. The first-order valence-corrected chi connectivity index (χ1v) is 6.37. The van der Waals surface area contributed by atoms with Crippen LogP contribution in [0, 0.1) is 17.6 Å². The summed E-state index contributed by atoms with van der Waals surface area (Å²) in [6.07, 6.45) is 0.738. The van der Waals surface area contributed by atoms with E-state index in [4.69, 9.17) is 5.73 Å². The Morgan fingerprint density at radius 3 is 2.61 bits per heavy atom. The summed E-state index contributed by atoms with van der Waals surface area (Å²) in [4.78, 5) is 11.8. The Morgan fingerprint density at radius 1 is 1.50 bits per heavy atom. The summed E-state index contributed by atoms with van der Waals surface area (Å²) in [6, 6.07) is 1.05. The first-order valence-electron chi connectivity index (χ1n) is 5.57. The molecule has 0 aliphatic carbocycles. The minimum absolute atomic E-state index is 0.0210. The van der Waals surface area contributed by atoms with Crippen molar-refractivity contribution in [3.8, 4) is 0 Å². The first-order chi connectivity index (χ1) is 8.36. The van der Waals surface area contributed by atoms with Crippen molar-refractivity contribution in [1.29, 1.82) is 0 Å². The molecule has 100 valence electrons. The van der Waals surface area contributed by atoms with Crippen molar-refractivity contribution in [2.75, 3.05) is 5.32 Å². The van der Waals surface area contributed by atoms with E-state index in [-0.39, 0.29) is 16.1 Å². The van der Waals surface area contributed by atoms with Crippen LogP contribution in [0.5, 0.6) is 0 Å². The lowest BCUT2D eigenvalue weighted by Gasteiger charge is -2.18. The van der Waals surface area contributed by atoms with Gasteiger partial charge in [-0.25, -0.2) is 8.78 Å². The Labute approximate surface area is 113 Å². The average molecular weight is 321 g/mol. The largest absolute Gasteiger partial charge is 0.321 e. The molecule has 0 saturated carbocycles. The number of hydrogen-bond acceptors (Lipinski definition) is 2. The molecule has 0 unspecified atom stereocenters. The van der Waals surface area contributed by atoms with Gasteiger partial charge in [0.05, 0.1) is 11.7 Å². The third-order valence-electron chi connectivity index (χ3n) is 2.81. The zero-order valence-electron chi connectivity index (χ0n) is 10.1. The van der Waals surface area contributed by atoms with Gasteiger partial charge in [-0.05, 0) is 27.9 Å². The first kappa shape index (κ1) is 15.0. The maximum atomic E-state index is 13.5. The van der Waals surface area contributed by atoms with Crippen LogP contribution >= 0.6 is 15.9 Å². The van der Waals surface area contributed by atoms with Gasteiger partial charge in [-0.3, -0.25) is 4.79 Å². The molecule has 0 fully saturated rings.